The van der Waals surface area contributed by atoms with Crippen LogP contribution in [0.25, 0.3) is 0 Å². The van der Waals surface area contributed by atoms with Crippen LogP contribution in [0.1, 0.15) is 47.1 Å². The Labute approximate surface area is 178 Å². The third kappa shape index (κ3) is 4.01. The average molecular weight is 442 g/mol. The molecule has 0 saturated carbocycles. The van der Waals surface area contributed by atoms with E-state index in [-0.39, 0.29) is 11.4 Å². The first-order valence-electron chi connectivity index (χ1n) is 9.95. The molecule has 0 radical (unpaired) electrons. The second kappa shape index (κ2) is 7.27. The second-order valence-corrected chi connectivity index (χ2v) is 11.4. The highest BCUT2D eigenvalue weighted by atomic mass is 32.2. The van der Waals surface area contributed by atoms with Crippen molar-refractivity contribution in [2.75, 3.05) is 6.54 Å². The molecule has 0 bridgehead atoms. The summed E-state index contributed by atoms with van der Waals surface area (Å²) in [5.41, 5.74) is -1.87. The van der Waals surface area contributed by atoms with Gasteiger partial charge in [-0.25, -0.2) is 13.2 Å². The van der Waals surface area contributed by atoms with Crippen LogP contribution >= 0.6 is 0 Å². The zero-order chi connectivity index (χ0) is 22.7. The van der Waals surface area contributed by atoms with Crippen molar-refractivity contribution in [2.24, 2.45) is 0 Å². The summed E-state index contributed by atoms with van der Waals surface area (Å²) in [5, 5.41) is 11.2. The Morgan fingerprint density at radius 3 is 2.27 bits per heavy atom. The Balaban J connectivity index is 2.11. The molecule has 1 N–H and O–H groups in total. The monoisotopic (exact) mass is 441 g/mol. The first kappa shape index (κ1) is 23.1. The van der Waals surface area contributed by atoms with Gasteiger partial charge in [0, 0.05) is 6.54 Å². The van der Waals surface area contributed by atoms with E-state index < -0.39 is 51.2 Å². The van der Waals surface area contributed by atoms with Gasteiger partial charge in [-0.3, -0.25) is 0 Å². The van der Waals surface area contributed by atoms with Crippen LogP contribution in [0.15, 0.2) is 29.2 Å². The van der Waals surface area contributed by atoms with Crippen LogP contribution in [0.2, 0.25) is 0 Å². The van der Waals surface area contributed by atoms with Gasteiger partial charge in [0.15, 0.2) is 11.3 Å². The zero-order valence-corrected chi connectivity index (χ0v) is 19.3. The SMILES string of the molecule is Cc1ccc(S(=O)(=O)N2C[C@@H]3OC(C)(C)O[C@H]3[C@@H](O)[C@]2(C)C(=O)OC(C)(C)C)cc1. The molecule has 168 valence electrons. The fraction of sp³-hybridized carbons (Fsp3) is 0.667. The minimum atomic E-state index is -4.16. The average Bonchev–Trinajstić information content (AvgIpc) is 2.91. The first-order chi connectivity index (χ1) is 13.6. The van der Waals surface area contributed by atoms with Crippen molar-refractivity contribution < 1.29 is 32.5 Å². The van der Waals surface area contributed by atoms with Crippen LogP contribution in [0.4, 0.5) is 0 Å². The maximum absolute atomic E-state index is 13.6. The highest BCUT2D eigenvalue weighted by Gasteiger charge is 2.64. The Hall–Kier alpha value is -1.52. The van der Waals surface area contributed by atoms with E-state index in [1.807, 2.05) is 6.92 Å². The van der Waals surface area contributed by atoms with Gasteiger partial charge in [0.05, 0.1) is 4.90 Å². The number of aryl methyl sites for hydroxylation is 1. The number of fused-ring (bicyclic) bond motifs is 1. The smallest absolute Gasteiger partial charge is 0.330 e. The van der Waals surface area contributed by atoms with Gasteiger partial charge in [-0.05, 0) is 60.6 Å². The number of benzene rings is 1. The van der Waals surface area contributed by atoms with Gasteiger partial charge in [0.25, 0.3) is 0 Å². The molecule has 1 aromatic carbocycles. The van der Waals surface area contributed by atoms with Gasteiger partial charge in [-0.2, -0.15) is 4.31 Å². The van der Waals surface area contributed by atoms with Crippen molar-refractivity contribution in [3.63, 3.8) is 0 Å². The molecule has 2 saturated heterocycles. The first-order valence-corrected chi connectivity index (χ1v) is 11.4. The molecule has 9 heteroatoms. The summed E-state index contributed by atoms with van der Waals surface area (Å²) in [4.78, 5) is 13.3. The Morgan fingerprint density at radius 1 is 1.17 bits per heavy atom. The van der Waals surface area contributed by atoms with Gasteiger partial charge in [0.1, 0.15) is 23.9 Å². The van der Waals surface area contributed by atoms with E-state index in [0.29, 0.717) is 0 Å². The number of hydrogen-bond acceptors (Lipinski definition) is 7. The Bertz CT molecular complexity index is 920. The fourth-order valence-corrected chi connectivity index (χ4v) is 5.64. The number of piperidine rings is 1. The molecule has 4 atom stereocenters. The lowest BCUT2D eigenvalue weighted by atomic mass is 9.84. The molecule has 8 nitrogen and oxygen atoms in total. The molecule has 0 aromatic heterocycles. The highest BCUT2D eigenvalue weighted by Crippen LogP contribution is 2.43. The molecule has 0 amide bonds. The van der Waals surface area contributed by atoms with Crippen molar-refractivity contribution in [1.82, 2.24) is 4.31 Å². The standard InChI is InChI=1S/C21H31NO7S/c1-13-8-10-14(11-9-13)30(25,26)22-12-15-16(28-20(5,6)27-15)17(23)21(22,7)18(24)29-19(2,3)4/h8-11,15-17,23H,12H2,1-7H3/t15-,16+,17+,21+/m0/s1. The summed E-state index contributed by atoms with van der Waals surface area (Å²) in [5.74, 6) is -1.86. The molecule has 0 aliphatic carbocycles. The van der Waals surface area contributed by atoms with E-state index in [2.05, 4.69) is 0 Å². The molecule has 3 rings (SSSR count). The summed E-state index contributed by atoms with van der Waals surface area (Å²) in [7, 11) is -4.16. The maximum atomic E-state index is 13.6. The molecular weight excluding hydrogens is 410 g/mol. The van der Waals surface area contributed by atoms with Gasteiger partial charge < -0.3 is 19.3 Å². The molecule has 2 aliphatic rings. The number of carbonyl (C=O) groups excluding carboxylic acids is 1. The van der Waals surface area contributed by atoms with Crippen LogP contribution in [0.3, 0.4) is 0 Å². The Kier molecular flexibility index (Phi) is 5.61. The van der Waals surface area contributed by atoms with Gasteiger partial charge in [-0.1, -0.05) is 17.7 Å². The number of aliphatic hydroxyl groups is 1. The zero-order valence-electron chi connectivity index (χ0n) is 18.5. The molecule has 30 heavy (non-hydrogen) atoms. The third-order valence-electron chi connectivity index (χ3n) is 5.39. The molecule has 2 fully saturated rings. The van der Waals surface area contributed by atoms with E-state index >= 15 is 0 Å². The van der Waals surface area contributed by atoms with Crippen molar-refractivity contribution in [3.8, 4) is 0 Å². The van der Waals surface area contributed by atoms with E-state index in [4.69, 9.17) is 14.2 Å². The van der Waals surface area contributed by atoms with Crippen LogP contribution in [-0.2, 0) is 29.0 Å². The fourth-order valence-electron chi connectivity index (χ4n) is 3.88. The molecular formula is C21H31NO7S. The number of nitrogens with zero attached hydrogens (tertiary/aromatic N) is 1. The molecule has 0 spiro atoms. The van der Waals surface area contributed by atoms with E-state index in [1.165, 1.54) is 19.1 Å². The largest absolute Gasteiger partial charge is 0.458 e. The Morgan fingerprint density at radius 2 is 1.73 bits per heavy atom. The minimum Gasteiger partial charge on any atom is -0.458 e. The quantitative estimate of drug-likeness (QED) is 0.716. The lowest BCUT2D eigenvalue weighted by Gasteiger charge is -2.48. The van der Waals surface area contributed by atoms with Crippen molar-refractivity contribution in [2.45, 2.75) is 88.6 Å². The summed E-state index contributed by atoms with van der Waals surface area (Å²) >= 11 is 0. The minimum absolute atomic E-state index is 0.0201. The number of sulfonamides is 1. The third-order valence-corrected chi connectivity index (χ3v) is 7.37. The predicted molar refractivity (Wildman–Crippen MR) is 109 cm³/mol. The molecule has 0 unspecified atom stereocenters. The van der Waals surface area contributed by atoms with Crippen LogP contribution in [0, 0.1) is 6.92 Å². The number of carbonyl (C=O) groups is 1. The summed E-state index contributed by atoms with van der Waals surface area (Å²) in [6.45, 7) is 11.5. The van der Waals surface area contributed by atoms with Crippen LogP contribution in [0.5, 0.6) is 0 Å². The number of aliphatic hydroxyl groups excluding tert-OH is 1. The van der Waals surface area contributed by atoms with Crippen LogP contribution in [-0.4, -0.2) is 65.6 Å². The maximum Gasteiger partial charge on any atom is 0.330 e. The van der Waals surface area contributed by atoms with Crippen LogP contribution < -0.4 is 0 Å². The van der Waals surface area contributed by atoms with E-state index in [1.54, 1.807) is 46.8 Å². The lowest BCUT2D eigenvalue weighted by Crippen LogP contribution is -2.72. The summed E-state index contributed by atoms with van der Waals surface area (Å²) in [6, 6.07) is 6.32. The number of ether oxygens (including phenoxy) is 3. The van der Waals surface area contributed by atoms with Crippen molar-refractivity contribution >= 4 is 16.0 Å². The molecule has 1 aromatic rings. The van der Waals surface area contributed by atoms with Gasteiger partial charge >= 0.3 is 5.97 Å². The second-order valence-electron chi connectivity index (χ2n) is 9.58. The van der Waals surface area contributed by atoms with E-state index in [9.17, 15) is 18.3 Å². The number of hydrogen-bond donors (Lipinski definition) is 1. The van der Waals surface area contributed by atoms with Crippen molar-refractivity contribution in [3.05, 3.63) is 29.8 Å². The van der Waals surface area contributed by atoms with Gasteiger partial charge in [-0.15, -0.1) is 0 Å². The van der Waals surface area contributed by atoms with E-state index in [0.717, 1.165) is 9.87 Å². The summed E-state index contributed by atoms with van der Waals surface area (Å²) < 4.78 is 45.4. The number of rotatable bonds is 3. The number of esters is 1. The molecule has 2 heterocycles. The van der Waals surface area contributed by atoms with Crippen molar-refractivity contribution in [1.29, 1.82) is 0 Å². The highest BCUT2D eigenvalue weighted by molar-refractivity contribution is 7.89. The normalized spacial score (nSPS) is 31.9. The molecule has 2 aliphatic heterocycles. The lowest BCUT2D eigenvalue weighted by molar-refractivity contribution is -0.188. The summed E-state index contributed by atoms with van der Waals surface area (Å²) in [6.07, 6.45) is -3.10. The topological polar surface area (TPSA) is 102 Å². The predicted octanol–water partition coefficient (Wildman–Crippen LogP) is 1.98. The van der Waals surface area contributed by atoms with Gasteiger partial charge in [0.2, 0.25) is 10.0 Å².